The average Bonchev–Trinajstić information content (AvgIpc) is 2.60. The van der Waals surface area contributed by atoms with Gasteiger partial charge < -0.3 is 19.5 Å². The van der Waals surface area contributed by atoms with Gasteiger partial charge in [0.1, 0.15) is 5.75 Å². The molecule has 2 aromatic rings. The van der Waals surface area contributed by atoms with Gasteiger partial charge in [0.25, 0.3) is 5.91 Å². The van der Waals surface area contributed by atoms with Crippen LogP contribution in [0.5, 0.6) is 17.2 Å². The second-order valence-electron chi connectivity index (χ2n) is 5.01. The molecule has 0 aromatic heterocycles. The predicted molar refractivity (Wildman–Crippen MR) is 88.0 cm³/mol. The molecule has 0 fully saturated rings. The van der Waals surface area contributed by atoms with Crippen LogP contribution in [-0.2, 0) is 4.79 Å². The van der Waals surface area contributed by atoms with E-state index < -0.39 is 0 Å². The van der Waals surface area contributed by atoms with Gasteiger partial charge in [-0.25, -0.2) is 0 Å². The summed E-state index contributed by atoms with van der Waals surface area (Å²) in [4.78, 5) is 12.0. The largest absolute Gasteiger partial charge is 0.493 e. The zero-order valence-electron chi connectivity index (χ0n) is 13.5. The van der Waals surface area contributed by atoms with E-state index in [2.05, 4.69) is 5.32 Å². The third-order valence-corrected chi connectivity index (χ3v) is 3.40. The van der Waals surface area contributed by atoms with Crippen LogP contribution in [0.4, 0.5) is 0 Å². The highest BCUT2D eigenvalue weighted by atomic mass is 16.5. The van der Waals surface area contributed by atoms with E-state index in [0.717, 1.165) is 5.56 Å². The molecule has 0 saturated heterocycles. The Hall–Kier alpha value is -2.69. The van der Waals surface area contributed by atoms with E-state index in [9.17, 15) is 4.79 Å². The molecule has 5 heteroatoms. The van der Waals surface area contributed by atoms with Gasteiger partial charge in [0.2, 0.25) is 0 Å². The van der Waals surface area contributed by atoms with Gasteiger partial charge in [-0.15, -0.1) is 0 Å². The lowest BCUT2D eigenvalue weighted by atomic mass is 10.1. The van der Waals surface area contributed by atoms with Gasteiger partial charge in [0.05, 0.1) is 20.3 Å². The molecule has 1 atom stereocenters. The summed E-state index contributed by atoms with van der Waals surface area (Å²) in [6.07, 6.45) is 0. The minimum Gasteiger partial charge on any atom is -0.493 e. The van der Waals surface area contributed by atoms with Crippen LogP contribution in [0.3, 0.4) is 0 Å². The molecule has 122 valence electrons. The Morgan fingerprint density at radius 1 is 1.04 bits per heavy atom. The molecule has 0 aliphatic carbocycles. The van der Waals surface area contributed by atoms with Crippen molar-refractivity contribution in [3.8, 4) is 17.2 Å². The highest BCUT2D eigenvalue weighted by Crippen LogP contribution is 2.29. The van der Waals surface area contributed by atoms with Gasteiger partial charge in [-0.05, 0) is 36.8 Å². The fraction of sp³-hybridized carbons (Fsp3) is 0.278. The Labute approximate surface area is 136 Å². The SMILES string of the molecule is COc1ccc(C(C)NC(=O)COc2ccccc2)cc1OC. The lowest BCUT2D eigenvalue weighted by Gasteiger charge is -2.16. The lowest BCUT2D eigenvalue weighted by molar-refractivity contribution is -0.123. The van der Waals surface area contributed by atoms with Gasteiger partial charge in [-0.3, -0.25) is 4.79 Å². The molecule has 1 amide bonds. The molecule has 0 heterocycles. The van der Waals surface area contributed by atoms with Crippen molar-refractivity contribution in [1.82, 2.24) is 5.32 Å². The number of methoxy groups -OCH3 is 2. The molecule has 0 spiro atoms. The van der Waals surface area contributed by atoms with Crippen molar-refractivity contribution in [3.05, 3.63) is 54.1 Å². The number of ether oxygens (including phenoxy) is 3. The third kappa shape index (κ3) is 4.64. The number of hydrogen-bond acceptors (Lipinski definition) is 4. The van der Waals surface area contributed by atoms with Crippen molar-refractivity contribution in [2.24, 2.45) is 0 Å². The van der Waals surface area contributed by atoms with Crippen LogP contribution in [0.25, 0.3) is 0 Å². The van der Waals surface area contributed by atoms with Gasteiger partial charge in [0.15, 0.2) is 18.1 Å². The van der Waals surface area contributed by atoms with Crippen LogP contribution in [0, 0.1) is 0 Å². The van der Waals surface area contributed by atoms with Crippen LogP contribution in [0.15, 0.2) is 48.5 Å². The normalized spacial score (nSPS) is 11.4. The van der Waals surface area contributed by atoms with E-state index in [1.165, 1.54) is 0 Å². The van der Waals surface area contributed by atoms with Crippen LogP contribution >= 0.6 is 0 Å². The number of nitrogens with one attached hydrogen (secondary N) is 1. The van der Waals surface area contributed by atoms with E-state index in [4.69, 9.17) is 14.2 Å². The van der Waals surface area contributed by atoms with E-state index in [0.29, 0.717) is 17.2 Å². The standard InChI is InChI=1S/C18H21NO4/c1-13(14-9-10-16(21-2)17(11-14)22-3)19-18(20)12-23-15-7-5-4-6-8-15/h4-11,13H,12H2,1-3H3,(H,19,20). The zero-order chi connectivity index (χ0) is 16.7. The number of rotatable bonds is 7. The predicted octanol–water partition coefficient (Wildman–Crippen LogP) is 2.96. The van der Waals surface area contributed by atoms with E-state index >= 15 is 0 Å². The summed E-state index contributed by atoms with van der Waals surface area (Å²) in [5.74, 6) is 1.77. The number of amides is 1. The topological polar surface area (TPSA) is 56.8 Å². The maximum absolute atomic E-state index is 12.0. The number of carbonyl (C=O) groups is 1. The van der Waals surface area contributed by atoms with Crippen LogP contribution in [0.2, 0.25) is 0 Å². The Morgan fingerprint density at radius 2 is 1.74 bits per heavy atom. The number of hydrogen-bond donors (Lipinski definition) is 1. The first-order chi connectivity index (χ1) is 11.1. The summed E-state index contributed by atoms with van der Waals surface area (Å²) in [6.45, 7) is 1.88. The number of benzene rings is 2. The van der Waals surface area contributed by atoms with Crippen LogP contribution in [0.1, 0.15) is 18.5 Å². The lowest BCUT2D eigenvalue weighted by Crippen LogP contribution is -2.31. The highest BCUT2D eigenvalue weighted by Gasteiger charge is 2.13. The number of carbonyl (C=O) groups excluding carboxylic acids is 1. The van der Waals surface area contributed by atoms with E-state index in [-0.39, 0.29) is 18.6 Å². The smallest absolute Gasteiger partial charge is 0.258 e. The molecule has 1 N–H and O–H groups in total. The minimum absolute atomic E-state index is 0.0261. The van der Waals surface area contributed by atoms with Gasteiger partial charge >= 0.3 is 0 Å². The van der Waals surface area contributed by atoms with Crippen molar-refractivity contribution in [2.75, 3.05) is 20.8 Å². The molecule has 2 aromatic carbocycles. The first kappa shape index (κ1) is 16.7. The molecular weight excluding hydrogens is 294 g/mol. The summed E-state index contributed by atoms with van der Waals surface area (Å²) in [5, 5.41) is 2.89. The molecule has 0 radical (unpaired) electrons. The Kier molecular flexibility index (Phi) is 5.86. The minimum atomic E-state index is -0.184. The van der Waals surface area contributed by atoms with Crippen LogP contribution < -0.4 is 19.5 Å². The van der Waals surface area contributed by atoms with Crippen molar-refractivity contribution in [1.29, 1.82) is 0 Å². The van der Waals surface area contributed by atoms with Crippen molar-refractivity contribution in [3.63, 3.8) is 0 Å². The Bertz CT molecular complexity index is 643. The first-order valence-corrected chi connectivity index (χ1v) is 7.33. The second kappa shape index (κ2) is 8.08. The molecule has 0 bridgehead atoms. The quantitative estimate of drug-likeness (QED) is 0.853. The van der Waals surface area contributed by atoms with Crippen LogP contribution in [-0.4, -0.2) is 26.7 Å². The zero-order valence-corrected chi connectivity index (χ0v) is 13.5. The van der Waals surface area contributed by atoms with Crippen molar-refractivity contribution < 1.29 is 19.0 Å². The molecular formula is C18H21NO4. The van der Waals surface area contributed by atoms with E-state index in [1.807, 2.05) is 55.5 Å². The molecule has 1 unspecified atom stereocenters. The summed E-state index contributed by atoms with van der Waals surface area (Å²) < 4.78 is 15.9. The molecule has 2 rings (SSSR count). The average molecular weight is 315 g/mol. The number of para-hydroxylation sites is 1. The highest BCUT2D eigenvalue weighted by molar-refractivity contribution is 5.78. The monoisotopic (exact) mass is 315 g/mol. The summed E-state index contributed by atoms with van der Waals surface area (Å²) >= 11 is 0. The molecule has 5 nitrogen and oxygen atoms in total. The maximum Gasteiger partial charge on any atom is 0.258 e. The summed E-state index contributed by atoms with van der Waals surface area (Å²) in [5.41, 5.74) is 0.927. The van der Waals surface area contributed by atoms with Gasteiger partial charge in [0, 0.05) is 0 Å². The fourth-order valence-corrected chi connectivity index (χ4v) is 2.15. The summed E-state index contributed by atoms with van der Waals surface area (Å²) in [6, 6.07) is 14.6. The van der Waals surface area contributed by atoms with Gasteiger partial charge in [-0.2, -0.15) is 0 Å². The second-order valence-corrected chi connectivity index (χ2v) is 5.01. The Morgan fingerprint density at radius 3 is 2.39 bits per heavy atom. The molecule has 0 aliphatic heterocycles. The summed E-state index contributed by atoms with van der Waals surface area (Å²) in [7, 11) is 3.17. The maximum atomic E-state index is 12.0. The molecule has 0 aliphatic rings. The molecule has 23 heavy (non-hydrogen) atoms. The fourth-order valence-electron chi connectivity index (χ4n) is 2.15. The third-order valence-electron chi connectivity index (χ3n) is 3.40. The Balaban J connectivity index is 1.93. The molecule has 0 saturated carbocycles. The van der Waals surface area contributed by atoms with Crippen molar-refractivity contribution >= 4 is 5.91 Å². The van der Waals surface area contributed by atoms with E-state index in [1.54, 1.807) is 14.2 Å². The van der Waals surface area contributed by atoms with Gasteiger partial charge in [-0.1, -0.05) is 24.3 Å². The first-order valence-electron chi connectivity index (χ1n) is 7.33. The van der Waals surface area contributed by atoms with Crippen molar-refractivity contribution in [2.45, 2.75) is 13.0 Å².